The van der Waals surface area contributed by atoms with Crippen molar-refractivity contribution in [1.82, 2.24) is 31.9 Å². The normalized spacial score (nSPS) is 14.0. The van der Waals surface area contributed by atoms with Gasteiger partial charge < -0.3 is 64.9 Å². The smallest absolute Gasteiger partial charge is 0.267 e. The number of hydrogen-bond donors (Lipinski definition) is 7. The first-order chi connectivity index (χ1) is 27.3. The maximum absolute atomic E-state index is 12.0. The van der Waals surface area contributed by atoms with Crippen LogP contribution in [0.15, 0.2) is 0 Å². The molecule has 2 atom stereocenters. The highest BCUT2D eigenvalue weighted by Crippen LogP contribution is 2.38. The molecule has 56 heavy (non-hydrogen) atoms. The van der Waals surface area contributed by atoms with Crippen molar-refractivity contribution in [1.29, 1.82) is 0 Å². The zero-order valence-corrected chi connectivity index (χ0v) is 37.3. The maximum Gasteiger partial charge on any atom is 0.267 e. The van der Waals surface area contributed by atoms with Gasteiger partial charge in [0.25, 0.3) is 15.6 Å². The van der Waals surface area contributed by atoms with E-state index in [-0.39, 0.29) is 19.8 Å². The van der Waals surface area contributed by atoms with Crippen LogP contribution in [0.3, 0.4) is 0 Å². The van der Waals surface area contributed by atoms with Gasteiger partial charge in [-0.3, -0.25) is 9.13 Å². The number of unbranched alkanes of at least 4 members (excludes halogenated alkanes) is 14. The second-order valence-electron chi connectivity index (χ2n) is 14.6. The predicted molar refractivity (Wildman–Crippen MR) is 226 cm³/mol. The third kappa shape index (κ3) is 46.6. The summed E-state index contributed by atoms with van der Waals surface area (Å²) in [6.45, 7) is 12.6. The first-order valence-electron chi connectivity index (χ1n) is 22.3. The van der Waals surface area contributed by atoms with Crippen LogP contribution in [0, 0.1) is 0 Å². The molecule has 0 spiro atoms. The molecule has 0 saturated carbocycles. The van der Waals surface area contributed by atoms with Gasteiger partial charge in [0, 0.05) is 13.7 Å². The second-order valence-corrected chi connectivity index (χ2v) is 17.5. The SMILES string of the molecule is COP(=O)([O-])OCCCCNCCCNCCCCNCCCNCCCCOP(=O)([O-])OCCCCCCCCCCCCCNCCCNCCCCO. The van der Waals surface area contributed by atoms with Crippen molar-refractivity contribution >= 4 is 15.6 Å². The van der Waals surface area contributed by atoms with Crippen LogP contribution < -0.4 is 41.7 Å². The van der Waals surface area contributed by atoms with Crippen LogP contribution in [0.1, 0.15) is 141 Å². The van der Waals surface area contributed by atoms with Crippen LogP contribution in [-0.4, -0.2) is 117 Å². The monoisotopic (exact) mass is 845 g/mol. The van der Waals surface area contributed by atoms with Crippen LogP contribution in [-0.2, 0) is 27.2 Å². The lowest BCUT2D eigenvalue weighted by atomic mass is 10.1. The van der Waals surface area contributed by atoms with Crippen molar-refractivity contribution in [2.24, 2.45) is 0 Å². The van der Waals surface area contributed by atoms with Gasteiger partial charge in [-0.05, 0) is 162 Å². The highest BCUT2D eigenvalue weighted by atomic mass is 31.2. The molecule has 7 N–H and O–H groups in total. The van der Waals surface area contributed by atoms with E-state index in [0.29, 0.717) is 19.4 Å². The van der Waals surface area contributed by atoms with Crippen molar-refractivity contribution < 1.29 is 42.1 Å². The first kappa shape index (κ1) is 55.9. The van der Waals surface area contributed by atoms with Gasteiger partial charge in [0.2, 0.25) is 0 Å². The van der Waals surface area contributed by atoms with E-state index in [1.54, 1.807) is 0 Å². The summed E-state index contributed by atoms with van der Waals surface area (Å²) in [6.07, 6.45) is 23.6. The van der Waals surface area contributed by atoms with Gasteiger partial charge in [0.05, 0.1) is 19.8 Å². The number of nitrogens with one attached hydrogen (secondary N) is 6. The van der Waals surface area contributed by atoms with Crippen LogP contribution in [0.25, 0.3) is 0 Å². The third-order valence-corrected chi connectivity index (χ3v) is 11.2. The van der Waals surface area contributed by atoms with Crippen molar-refractivity contribution in [3.05, 3.63) is 0 Å². The molecule has 0 aliphatic heterocycles. The summed E-state index contributed by atoms with van der Waals surface area (Å²) in [5.74, 6) is 0. The Hall–Kier alpha value is -0.0600. The molecule has 0 aromatic rings. The van der Waals surface area contributed by atoms with Gasteiger partial charge in [0.15, 0.2) is 0 Å². The highest BCUT2D eigenvalue weighted by molar-refractivity contribution is 7.46. The number of aliphatic hydroxyl groups is 1. The molecule has 0 fully saturated rings. The average molecular weight is 845 g/mol. The molecule has 15 nitrogen and oxygen atoms in total. The van der Waals surface area contributed by atoms with E-state index in [1.807, 2.05) is 0 Å². The topological polar surface area (TPSA) is 210 Å². The summed E-state index contributed by atoms with van der Waals surface area (Å²) >= 11 is 0. The quantitative estimate of drug-likeness (QED) is 0.0326. The van der Waals surface area contributed by atoms with Gasteiger partial charge in [-0.25, -0.2) is 0 Å². The summed E-state index contributed by atoms with van der Waals surface area (Å²) in [7, 11) is -7.20. The molecule has 0 aliphatic carbocycles. The lowest BCUT2D eigenvalue weighted by Gasteiger charge is -2.22. The van der Waals surface area contributed by atoms with Crippen LogP contribution >= 0.6 is 15.6 Å². The Balaban J connectivity index is 3.26. The lowest BCUT2D eigenvalue weighted by Crippen LogP contribution is -2.25. The molecule has 0 amide bonds. The Bertz CT molecular complexity index is 889. The van der Waals surface area contributed by atoms with E-state index in [9.17, 15) is 18.9 Å². The number of rotatable bonds is 49. The Morgan fingerprint density at radius 3 is 0.929 bits per heavy atom. The highest BCUT2D eigenvalue weighted by Gasteiger charge is 2.09. The summed E-state index contributed by atoms with van der Waals surface area (Å²) < 4.78 is 42.1. The summed E-state index contributed by atoms with van der Waals surface area (Å²) in [5.41, 5.74) is 0. The number of aliphatic hydroxyl groups excluding tert-OH is 1. The molecule has 0 aromatic carbocycles. The van der Waals surface area contributed by atoms with E-state index < -0.39 is 15.6 Å². The largest absolute Gasteiger partial charge is 0.756 e. The van der Waals surface area contributed by atoms with Crippen LogP contribution in [0.5, 0.6) is 0 Å². The fourth-order valence-electron chi connectivity index (χ4n) is 5.89. The van der Waals surface area contributed by atoms with Crippen molar-refractivity contribution in [3.8, 4) is 0 Å². The lowest BCUT2D eigenvalue weighted by molar-refractivity contribution is -0.226. The fraction of sp³-hybridized carbons (Fsp3) is 1.00. The molecule has 0 saturated heterocycles. The minimum atomic E-state index is -4.21. The third-order valence-electron chi connectivity index (χ3n) is 9.31. The van der Waals surface area contributed by atoms with Gasteiger partial charge in [-0.2, -0.15) is 0 Å². The Morgan fingerprint density at radius 1 is 0.357 bits per heavy atom. The number of phosphoric acid groups is 2. The maximum atomic E-state index is 12.0. The molecule has 0 heterocycles. The van der Waals surface area contributed by atoms with E-state index in [2.05, 4.69) is 40.9 Å². The van der Waals surface area contributed by atoms with E-state index >= 15 is 0 Å². The summed E-state index contributed by atoms with van der Waals surface area (Å²) in [5, 5.41) is 29.4. The Kier molecular flexibility index (Phi) is 44.4. The Morgan fingerprint density at radius 2 is 0.589 bits per heavy atom. The number of hydrogen-bond acceptors (Lipinski definition) is 15. The molecular weight excluding hydrogens is 758 g/mol. The average Bonchev–Trinajstić information content (AvgIpc) is 3.18. The zero-order valence-electron chi connectivity index (χ0n) is 35.5. The molecule has 2 unspecified atom stereocenters. The van der Waals surface area contributed by atoms with E-state index in [1.165, 1.54) is 51.4 Å². The minimum Gasteiger partial charge on any atom is -0.756 e. The molecule has 0 radical (unpaired) electrons. The summed E-state index contributed by atoms with van der Waals surface area (Å²) in [6, 6.07) is 0. The van der Waals surface area contributed by atoms with Gasteiger partial charge in [0.1, 0.15) is 0 Å². The molecule has 338 valence electrons. The van der Waals surface area contributed by atoms with Crippen LogP contribution in [0.2, 0.25) is 0 Å². The van der Waals surface area contributed by atoms with Crippen LogP contribution in [0.4, 0.5) is 0 Å². The second kappa shape index (κ2) is 44.5. The Labute approximate surface area is 342 Å². The van der Waals surface area contributed by atoms with Gasteiger partial charge in [-0.15, -0.1) is 0 Å². The van der Waals surface area contributed by atoms with Crippen molar-refractivity contribution in [2.45, 2.75) is 141 Å². The molecule has 0 bridgehead atoms. The number of phosphoric ester groups is 2. The molecular formula is C39H86N6O9P2-2. The molecule has 17 heteroatoms. The molecule has 0 rings (SSSR count). The first-order valence-corrected chi connectivity index (χ1v) is 25.2. The zero-order chi connectivity index (χ0) is 40.9. The molecule has 0 aliphatic rings. The minimum absolute atomic E-state index is 0.158. The van der Waals surface area contributed by atoms with Crippen molar-refractivity contribution in [3.63, 3.8) is 0 Å². The van der Waals surface area contributed by atoms with Gasteiger partial charge >= 0.3 is 0 Å². The van der Waals surface area contributed by atoms with Crippen molar-refractivity contribution in [2.75, 3.05) is 112 Å². The standard InChI is InChI=1S/C39H88N6O9P2/c1-51-55(47,48)52-38-19-15-28-44-34-22-31-41-25-12-13-26-42-32-23-35-45-29-16-20-39-54-56(49,50)53-37-18-10-8-6-4-2-3-5-7-9-11-24-40-30-21-33-43-27-14-17-36-46/h40-46H,2-39H2,1H3,(H,47,48)(H,49,50)/p-2. The fourth-order valence-corrected chi connectivity index (χ4v) is 7.13. The predicted octanol–water partition coefficient (Wildman–Crippen LogP) is 4.73. The van der Waals surface area contributed by atoms with E-state index in [0.717, 1.165) is 163 Å². The summed E-state index contributed by atoms with van der Waals surface area (Å²) in [4.78, 5) is 23.1. The molecule has 0 aromatic heterocycles. The van der Waals surface area contributed by atoms with Gasteiger partial charge in [-0.1, -0.05) is 57.8 Å². The van der Waals surface area contributed by atoms with E-state index in [4.69, 9.17) is 14.2 Å².